The Hall–Kier alpha value is -2.17. The van der Waals surface area contributed by atoms with E-state index in [4.69, 9.17) is 4.74 Å². The summed E-state index contributed by atoms with van der Waals surface area (Å²) in [4.78, 5) is 11.0. The summed E-state index contributed by atoms with van der Waals surface area (Å²) in [6.07, 6.45) is 2.36. The van der Waals surface area contributed by atoms with Gasteiger partial charge in [-0.05, 0) is 29.8 Å². The summed E-state index contributed by atoms with van der Waals surface area (Å²) in [7, 11) is 1.54. The number of alkyl halides is 2. The number of benzene rings is 1. The van der Waals surface area contributed by atoms with Crippen LogP contribution in [0, 0.1) is 0 Å². The second-order valence-corrected chi connectivity index (χ2v) is 4.00. The highest BCUT2D eigenvalue weighted by atomic mass is 19.3. The second-order valence-electron chi connectivity index (χ2n) is 4.00. The number of cyclic esters (lactones) is 1. The Morgan fingerprint density at radius 2 is 2.00 bits per heavy atom. The van der Waals surface area contributed by atoms with Crippen LogP contribution in [0.25, 0.3) is 6.08 Å². The van der Waals surface area contributed by atoms with Gasteiger partial charge in [0.2, 0.25) is 0 Å². The van der Waals surface area contributed by atoms with Gasteiger partial charge in [-0.3, -0.25) is 0 Å². The predicted octanol–water partition coefficient (Wildman–Crippen LogP) is 2.83. The molecule has 0 fully saturated rings. The molecule has 0 spiro atoms. The molecule has 0 amide bonds. The van der Waals surface area contributed by atoms with E-state index < -0.39 is 18.0 Å². The Morgan fingerprint density at radius 1 is 1.32 bits per heavy atom. The van der Waals surface area contributed by atoms with Crippen molar-refractivity contribution < 1.29 is 23.0 Å². The van der Waals surface area contributed by atoms with Crippen molar-refractivity contribution in [2.75, 3.05) is 7.11 Å². The van der Waals surface area contributed by atoms with Gasteiger partial charge in [0.05, 0.1) is 7.11 Å². The molecule has 1 atom stereocenters. The molecule has 5 heteroatoms. The third-order valence-electron chi connectivity index (χ3n) is 2.64. The van der Waals surface area contributed by atoms with E-state index in [0.29, 0.717) is 17.4 Å². The van der Waals surface area contributed by atoms with Crippen LogP contribution in [0.5, 0.6) is 5.75 Å². The molecule has 0 bridgehead atoms. The Bertz CT molecular complexity index is 518. The van der Waals surface area contributed by atoms with Crippen LogP contribution in [-0.2, 0) is 9.53 Å². The first-order valence-electron chi connectivity index (χ1n) is 5.61. The topological polar surface area (TPSA) is 35.5 Å². The first kappa shape index (κ1) is 13.3. The van der Waals surface area contributed by atoms with Crippen LogP contribution in [0.3, 0.4) is 0 Å². The molecule has 1 aromatic rings. The van der Waals surface area contributed by atoms with Crippen molar-refractivity contribution in [3.05, 3.63) is 48.1 Å². The molecule has 1 heterocycles. The van der Waals surface area contributed by atoms with Gasteiger partial charge in [0, 0.05) is 6.08 Å². The molecular weight excluding hydrogens is 254 g/mol. The van der Waals surface area contributed by atoms with Gasteiger partial charge >= 0.3 is 11.9 Å². The van der Waals surface area contributed by atoms with Gasteiger partial charge < -0.3 is 9.47 Å². The summed E-state index contributed by atoms with van der Waals surface area (Å²) in [5.74, 6) is -3.28. The Morgan fingerprint density at radius 3 is 2.63 bits per heavy atom. The van der Waals surface area contributed by atoms with Crippen LogP contribution < -0.4 is 4.74 Å². The molecule has 0 aromatic heterocycles. The number of carbonyl (C=O) groups is 1. The largest absolute Gasteiger partial charge is 0.497 e. The lowest BCUT2D eigenvalue weighted by Crippen LogP contribution is -2.37. The van der Waals surface area contributed by atoms with Gasteiger partial charge in [0.25, 0.3) is 0 Å². The van der Waals surface area contributed by atoms with Crippen molar-refractivity contribution >= 4 is 12.0 Å². The Balaban J connectivity index is 2.13. The molecule has 2 rings (SSSR count). The van der Waals surface area contributed by atoms with Crippen molar-refractivity contribution in [3.8, 4) is 5.75 Å². The number of hydrogen-bond acceptors (Lipinski definition) is 3. The summed E-state index contributed by atoms with van der Waals surface area (Å²) in [5.41, 5.74) is 0.710. The minimum absolute atomic E-state index is 0.557. The van der Waals surface area contributed by atoms with Gasteiger partial charge in [-0.1, -0.05) is 18.2 Å². The number of methoxy groups -OCH3 is 1. The summed E-state index contributed by atoms with van der Waals surface area (Å²) >= 11 is 0. The monoisotopic (exact) mass is 266 g/mol. The van der Waals surface area contributed by atoms with Gasteiger partial charge in [0.1, 0.15) is 5.75 Å². The predicted molar refractivity (Wildman–Crippen MR) is 66.0 cm³/mol. The Kier molecular flexibility index (Phi) is 3.64. The molecule has 0 N–H and O–H groups in total. The maximum Gasteiger partial charge on any atom is 0.331 e. The first-order chi connectivity index (χ1) is 9.01. The van der Waals surface area contributed by atoms with E-state index in [0.717, 1.165) is 6.08 Å². The van der Waals surface area contributed by atoms with Crippen LogP contribution in [0.1, 0.15) is 5.56 Å². The third kappa shape index (κ3) is 3.19. The van der Waals surface area contributed by atoms with Gasteiger partial charge in [-0.2, -0.15) is 8.78 Å². The van der Waals surface area contributed by atoms with Crippen LogP contribution in [-0.4, -0.2) is 25.1 Å². The first-order valence-corrected chi connectivity index (χ1v) is 5.61. The maximum absolute atomic E-state index is 13.4. The lowest BCUT2D eigenvalue weighted by Gasteiger charge is -2.24. The highest BCUT2D eigenvalue weighted by molar-refractivity contribution is 5.83. The molecule has 0 saturated carbocycles. The average molecular weight is 266 g/mol. The minimum atomic E-state index is -3.18. The summed E-state index contributed by atoms with van der Waals surface area (Å²) in [6.45, 7) is 0. The highest BCUT2D eigenvalue weighted by Gasteiger charge is 2.41. The van der Waals surface area contributed by atoms with Gasteiger partial charge in [0.15, 0.2) is 6.10 Å². The van der Waals surface area contributed by atoms with Crippen molar-refractivity contribution in [2.45, 2.75) is 12.0 Å². The molecule has 1 aliphatic rings. The molecule has 0 saturated heterocycles. The second kappa shape index (κ2) is 5.22. The molecule has 1 aliphatic heterocycles. The lowest BCUT2D eigenvalue weighted by atomic mass is 10.1. The van der Waals surface area contributed by atoms with Crippen molar-refractivity contribution in [1.82, 2.24) is 0 Å². The van der Waals surface area contributed by atoms with E-state index in [1.807, 2.05) is 0 Å². The standard InChI is InChI=1S/C14H12F2O3/c1-18-11-5-2-10(3-6-11)4-7-12-14(15,16)9-8-13(17)19-12/h2-9,12H,1H3/b7-4+/t12-/m1/s1. The van der Waals surface area contributed by atoms with E-state index >= 15 is 0 Å². The zero-order valence-corrected chi connectivity index (χ0v) is 10.2. The fourth-order valence-electron chi connectivity index (χ4n) is 1.60. The smallest absolute Gasteiger partial charge is 0.331 e. The quantitative estimate of drug-likeness (QED) is 0.789. The van der Waals surface area contributed by atoms with Crippen LogP contribution in [0.15, 0.2) is 42.5 Å². The van der Waals surface area contributed by atoms with Crippen molar-refractivity contribution in [1.29, 1.82) is 0 Å². The number of carbonyl (C=O) groups excluding carboxylic acids is 1. The summed E-state index contributed by atoms with van der Waals surface area (Å²) in [6, 6.07) is 6.86. The van der Waals surface area contributed by atoms with E-state index in [2.05, 4.69) is 4.74 Å². The van der Waals surface area contributed by atoms with E-state index in [1.54, 1.807) is 31.4 Å². The van der Waals surface area contributed by atoms with E-state index in [9.17, 15) is 13.6 Å². The minimum Gasteiger partial charge on any atom is -0.497 e. The van der Waals surface area contributed by atoms with Crippen molar-refractivity contribution in [3.63, 3.8) is 0 Å². The lowest BCUT2D eigenvalue weighted by molar-refractivity contribution is -0.157. The zero-order valence-electron chi connectivity index (χ0n) is 10.2. The van der Waals surface area contributed by atoms with Crippen LogP contribution in [0.2, 0.25) is 0 Å². The van der Waals surface area contributed by atoms with E-state index in [-0.39, 0.29) is 0 Å². The highest BCUT2D eigenvalue weighted by Crippen LogP contribution is 2.28. The van der Waals surface area contributed by atoms with E-state index in [1.165, 1.54) is 12.2 Å². The molecule has 3 nitrogen and oxygen atoms in total. The number of ether oxygens (including phenoxy) is 2. The Labute approximate surface area is 109 Å². The normalized spacial score (nSPS) is 21.4. The fraction of sp³-hybridized carbons (Fsp3) is 0.214. The maximum atomic E-state index is 13.4. The molecular formula is C14H12F2O3. The molecule has 0 radical (unpaired) electrons. The zero-order chi connectivity index (χ0) is 13.9. The average Bonchev–Trinajstić information content (AvgIpc) is 2.40. The molecule has 100 valence electrons. The number of halogens is 2. The molecule has 1 aromatic carbocycles. The number of rotatable bonds is 3. The molecule has 19 heavy (non-hydrogen) atoms. The number of esters is 1. The summed E-state index contributed by atoms with van der Waals surface area (Å²) < 4.78 is 36.4. The van der Waals surface area contributed by atoms with Gasteiger partial charge in [-0.25, -0.2) is 4.79 Å². The van der Waals surface area contributed by atoms with Gasteiger partial charge in [-0.15, -0.1) is 0 Å². The fourth-order valence-corrected chi connectivity index (χ4v) is 1.60. The number of hydrogen-bond donors (Lipinski definition) is 0. The van der Waals surface area contributed by atoms with Crippen LogP contribution >= 0.6 is 0 Å². The summed E-state index contributed by atoms with van der Waals surface area (Å²) in [5, 5.41) is 0. The SMILES string of the molecule is COc1ccc(/C=C/[C@H]2OC(=O)C=CC2(F)F)cc1. The van der Waals surface area contributed by atoms with Crippen LogP contribution in [0.4, 0.5) is 8.78 Å². The molecule has 0 aliphatic carbocycles. The van der Waals surface area contributed by atoms with Crippen molar-refractivity contribution in [2.24, 2.45) is 0 Å². The third-order valence-corrected chi connectivity index (χ3v) is 2.64. The molecule has 0 unspecified atom stereocenters.